The number of carbonyl (C=O) groups is 1. The number of aromatic amines is 1. The molecule has 5 nitrogen and oxygen atoms in total. The SMILES string of the molecule is O=C(c1cccc(-c2cnc3[nH]c(-c4ccccc4)cc3c2)n1)C1CCNCC1. The number of fused-ring (bicyclic) bond motifs is 1. The number of piperidine rings is 1. The zero-order valence-electron chi connectivity index (χ0n) is 16.1. The van der Waals surface area contributed by atoms with Crippen LogP contribution in [0, 0.1) is 5.92 Å². The van der Waals surface area contributed by atoms with Crippen molar-refractivity contribution < 1.29 is 4.79 Å². The molecular weight excluding hydrogens is 360 g/mol. The number of hydrogen-bond acceptors (Lipinski definition) is 4. The number of nitrogens with one attached hydrogen (secondary N) is 2. The van der Waals surface area contributed by atoms with Crippen molar-refractivity contribution in [1.82, 2.24) is 20.3 Å². The second-order valence-electron chi connectivity index (χ2n) is 7.51. The lowest BCUT2D eigenvalue weighted by Crippen LogP contribution is -2.32. The Morgan fingerprint density at radius 2 is 1.76 bits per heavy atom. The summed E-state index contributed by atoms with van der Waals surface area (Å²) in [5.74, 6) is 0.216. The lowest BCUT2D eigenvalue weighted by Gasteiger charge is -2.21. The Morgan fingerprint density at radius 1 is 0.931 bits per heavy atom. The first-order valence-electron chi connectivity index (χ1n) is 10.0. The summed E-state index contributed by atoms with van der Waals surface area (Å²) in [6, 6.07) is 20.0. The van der Waals surface area contributed by atoms with E-state index in [0.717, 1.165) is 59.5 Å². The summed E-state index contributed by atoms with van der Waals surface area (Å²) in [5.41, 5.74) is 5.24. The Kier molecular flexibility index (Phi) is 4.66. The van der Waals surface area contributed by atoms with Gasteiger partial charge in [-0.15, -0.1) is 0 Å². The average Bonchev–Trinajstić information content (AvgIpc) is 3.23. The van der Waals surface area contributed by atoms with Crippen molar-refractivity contribution >= 4 is 16.8 Å². The molecule has 0 aliphatic carbocycles. The molecule has 0 radical (unpaired) electrons. The van der Waals surface area contributed by atoms with E-state index in [9.17, 15) is 4.79 Å². The average molecular weight is 382 g/mol. The first kappa shape index (κ1) is 17.8. The van der Waals surface area contributed by atoms with Crippen LogP contribution < -0.4 is 5.32 Å². The van der Waals surface area contributed by atoms with Gasteiger partial charge in [0.1, 0.15) is 11.3 Å². The van der Waals surface area contributed by atoms with E-state index >= 15 is 0 Å². The fourth-order valence-corrected chi connectivity index (χ4v) is 3.95. The van der Waals surface area contributed by atoms with E-state index in [1.54, 1.807) is 0 Å². The second kappa shape index (κ2) is 7.60. The van der Waals surface area contributed by atoms with Gasteiger partial charge in [0.2, 0.25) is 0 Å². The van der Waals surface area contributed by atoms with Gasteiger partial charge in [-0.1, -0.05) is 36.4 Å². The van der Waals surface area contributed by atoms with Crippen LogP contribution in [0.3, 0.4) is 0 Å². The molecule has 0 unspecified atom stereocenters. The lowest BCUT2D eigenvalue weighted by molar-refractivity contribution is 0.0890. The number of carbonyl (C=O) groups excluding carboxylic acids is 1. The highest BCUT2D eigenvalue weighted by Gasteiger charge is 2.23. The number of H-pyrrole nitrogens is 1. The van der Waals surface area contributed by atoms with Crippen LogP contribution >= 0.6 is 0 Å². The third-order valence-corrected chi connectivity index (χ3v) is 5.56. The molecule has 3 aromatic heterocycles. The molecule has 144 valence electrons. The molecule has 1 saturated heterocycles. The highest BCUT2D eigenvalue weighted by Crippen LogP contribution is 2.27. The molecule has 29 heavy (non-hydrogen) atoms. The molecule has 4 heterocycles. The lowest BCUT2D eigenvalue weighted by atomic mass is 9.91. The van der Waals surface area contributed by atoms with Crippen LogP contribution in [0.25, 0.3) is 33.5 Å². The summed E-state index contributed by atoms with van der Waals surface area (Å²) in [6.45, 7) is 1.79. The molecule has 0 amide bonds. The number of benzene rings is 1. The Hall–Kier alpha value is -3.31. The van der Waals surface area contributed by atoms with Crippen LogP contribution in [0.15, 0.2) is 66.9 Å². The van der Waals surface area contributed by atoms with E-state index in [1.807, 2.05) is 42.6 Å². The van der Waals surface area contributed by atoms with Gasteiger partial charge < -0.3 is 10.3 Å². The maximum atomic E-state index is 12.8. The third-order valence-electron chi connectivity index (χ3n) is 5.56. The minimum Gasteiger partial charge on any atom is -0.339 e. The summed E-state index contributed by atoms with van der Waals surface area (Å²) in [4.78, 5) is 25.5. The van der Waals surface area contributed by atoms with Gasteiger partial charge >= 0.3 is 0 Å². The number of aromatic nitrogens is 3. The predicted octanol–water partition coefficient (Wildman–Crippen LogP) is 4.47. The summed E-state index contributed by atoms with van der Waals surface area (Å²) < 4.78 is 0. The van der Waals surface area contributed by atoms with Crippen LogP contribution in [0.5, 0.6) is 0 Å². The summed E-state index contributed by atoms with van der Waals surface area (Å²) in [5, 5.41) is 4.33. The molecule has 2 N–H and O–H groups in total. The van der Waals surface area contributed by atoms with Gasteiger partial charge in [-0.2, -0.15) is 0 Å². The molecular formula is C24H22N4O. The normalized spacial score (nSPS) is 14.9. The molecule has 4 aromatic rings. The Bertz CT molecular complexity index is 1160. The smallest absolute Gasteiger partial charge is 0.184 e. The van der Waals surface area contributed by atoms with Crippen LogP contribution in [0.2, 0.25) is 0 Å². The molecule has 0 atom stereocenters. The molecule has 0 bridgehead atoms. The van der Waals surface area contributed by atoms with Gasteiger partial charge in [-0.05, 0) is 55.8 Å². The van der Waals surface area contributed by atoms with Crippen molar-refractivity contribution in [3.8, 4) is 22.5 Å². The number of Topliss-reactive ketones (excluding diaryl/α,β-unsaturated/α-hetero) is 1. The number of pyridine rings is 2. The van der Waals surface area contributed by atoms with E-state index in [1.165, 1.54) is 0 Å². The van der Waals surface area contributed by atoms with Crippen LogP contribution in [0.1, 0.15) is 23.3 Å². The van der Waals surface area contributed by atoms with E-state index in [2.05, 4.69) is 44.5 Å². The van der Waals surface area contributed by atoms with Gasteiger partial charge in [0, 0.05) is 28.8 Å². The third kappa shape index (κ3) is 3.57. The van der Waals surface area contributed by atoms with Crippen molar-refractivity contribution in [2.45, 2.75) is 12.8 Å². The molecule has 0 saturated carbocycles. The van der Waals surface area contributed by atoms with Crippen LogP contribution in [0.4, 0.5) is 0 Å². The maximum Gasteiger partial charge on any atom is 0.184 e. The highest BCUT2D eigenvalue weighted by atomic mass is 16.1. The monoisotopic (exact) mass is 382 g/mol. The van der Waals surface area contributed by atoms with E-state index in [-0.39, 0.29) is 11.7 Å². The maximum absolute atomic E-state index is 12.8. The zero-order chi connectivity index (χ0) is 19.6. The molecule has 1 aliphatic rings. The number of rotatable bonds is 4. The van der Waals surface area contributed by atoms with Gasteiger partial charge in [0.25, 0.3) is 0 Å². The largest absolute Gasteiger partial charge is 0.339 e. The fourth-order valence-electron chi connectivity index (χ4n) is 3.95. The number of ketones is 1. The van der Waals surface area contributed by atoms with Gasteiger partial charge in [0.15, 0.2) is 5.78 Å². The first-order valence-corrected chi connectivity index (χ1v) is 10.0. The predicted molar refractivity (Wildman–Crippen MR) is 115 cm³/mol. The highest BCUT2D eigenvalue weighted by molar-refractivity contribution is 5.96. The van der Waals surface area contributed by atoms with Crippen molar-refractivity contribution in [3.63, 3.8) is 0 Å². The standard InChI is InChI=1S/C24H22N4O/c29-23(17-9-11-25-12-10-17)21-8-4-7-20(27-21)19-13-18-14-22(28-24(18)26-15-19)16-5-2-1-3-6-16/h1-8,13-15,17,25H,9-12H2,(H,26,28). The first-order chi connectivity index (χ1) is 14.3. The Balaban J connectivity index is 1.47. The molecule has 5 heteroatoms. The molecule has 1 aromatic carbocycles. The molecule has 0 spiro atoms. The van der Waals surface area contributed by atoms with Gasteiger partial charge in [0.05, 0.1) is 5.69 Å². The van der Waals surface area contributed by atoms with E-state index < -0.39 is 0 Å². The van der Waals surface area contributed by atoms with Gasteiger partial charge in [-0.25, -0.2) is 9.97 Å². The number of nitrogens with zero attached hydrogens (tertiary/aromatic N) is 2. The molecule has 1 fully saturated rings. The van der Waals surface area contributed by atoms with Crippen molar-refractivity contribution in [2.75, 3.05) is 13.1 Å². The fraction of sp³-hybridized carbons (Fsp3) is 0.208. The van der Waals surface area contributed by atoms with Crippen molar-refractivity contribution in [3.05, 3.63) is 72.6 Å². The van der Waals surface area contributed by atoms with Crippen LogP contribution in [-0.4, -0.2) is 33.8 Å². The molecule has 5 rings (SSSR count). The van der Waals surface area contributed by atoms with E-state index in [4.69, 9.17) is 0 Å². The van der Waals surface area contributed by atoms with E-state index in [0.29, 0.717) is 5.69 Å². The molecule has 1 aliphatic heterocycles. The summed E-state index contributed by atoms with van der Waals surface area (Å²) >= 11 is 0. The summed E-state index contributed by atoms with van der Waals surface area (Å²) in [6.07, 6.45) is 3.57. The quantitative estimate of drug-likeness (QED) is 0.511. The Morgan fingerprint density at radius 3 is 2.59 bits per heavy atom. The summed E-state index contributed by atoms with van der Waals surface area (Å²) in [7, 11) is 0. The van der Waals surface area contributed by atoms with Crippen LogP contribution in [-0.2, 0) is 0 Å². The topological polar surface area (TPSA) is 70.7 Å². The van der Waals surface area contributed by atoms with Crippen molar-refractivity contribution in [2.24, 2.45) is 5.92 Å². The van der Waals surface area contributed by atoms with Gasteiger partial charge in [-0.3, -0.25) is 4.79 Å². The second-order valence-corrected chi connectivity index (χ2v) is 7.51. The zero-order valence-corrected chi connectivity index (χ0v) is 16.1. The van der Waals surface area contributed by atoms with Crippen molar-refractivity contribution in [1.29, 1.82) is 0 Å². The number of hydrogen-bond donors (Lipinski definition) is 2. The minimum absolute atomic E-state index is 0.0673. The Labute approximate surface area is 169 Å². The minimum atomic E-state index is 0.0673.